The molecule has 24 heavy (non-hydrogen) atoms. The van der Waals surface area contributed by atoms with Crippen molar-refractivity contribution in [3.05, 3.63) is 29.8 Å². The van der Waals surface area contributed by atoms with Crippen molar-refractivity contribution >= 4 is 11.7 Å². The zero-order chi connectivity index (χ0) is 16.5. The lowest BCUT2D eigenvalue weighted by Gasteiger charge is -2.59. The van der Waals surface area contributed by atoms with Crippen molar-refractivity contribution in [1.82, 2.24) is 4.90 Å². The van der Waals surface area contributed by atoms with Crippen LogP contribution in [0.2, 0.25) is 0 Å². The fraction of sp³-hybridized carbons (Fsp3) is 0.650. The molecule has 2 saturated heterocycles. The fourth-order valence-corrected chi connectivity index (χ4v) is 6.93. The number of hydrogen-bond donors (Lipinski definition) is 2. The van der Waals surface area contributed by atoms with Gasteiger partial charge in [-0.1, -0.05) is 25.1 Å². The summed E-state index contributed by atoms with van der Waals surface area (Å²) in [4.78, 5) is 14.9. The summed E-state index contributed by atoms with van der Waals surface area (Å²) < 4.78 is 0. The molecule has 2 N–H and O–H groups in total. The Labute approximate surface area is 143 Å². The second-order valence-corrected chi connectivity index (χ2v) is 8.36. The lowest BCUT2D eigenvalue weighted by molar-refractivity contribution is -0.150. The van der Waals surface area contributed by atoms with Crippen LogP contribution < -0.4 is 5.32 Å². The first kappa shape index (κ1) is 14.8. The molecule has 3 heterocycles. The number of carboxylic acid groups (broad SMARTS) is 1. The lowest BCUT2D eigenvalue weighted by atomic mass is 9.49. The van der Waals surface area contributed by atoms with E-state index < -0.39 is 5.97 Å². The number of carbonyl (C=O) groups is 1. The van der Waals surface area contributed by atoms with E-state index in [0.717, 1.165) is 25.8 Å². The van der Waals surface area contributed by atoms with E-state index in [9.17, 15) is 9.90 Å². The molecule has 1 spiro atoms. The third-order valence-electron chi connectivity index (χ3n) is 7.71. The van der Waals surface area contributed by atoms with E-state index in [1.54, 1.807) is 0 Å². The van der Waals surface area contributed by atoms with Crippen LogP contribution in [0.5, 0.6) is 0 Å². The van der Waals surface area contributed by atoms with Crippen LogP contribution in [0.15, 0.2) is 24.3 Å². The zero-order valence-corrected chi connectivity index (χ0v) is 14.3. The molecule has 0 radical (unpaired) electrons. The second kappa shape index (κ2) is 4.75. The molecule has 1 aromatic rings. The predicted molar refractivity (Wildman–Crippen MR) is 93.2 cm³/mol. The molecule has 0 bridgehead atoms. The number of nitrogens with zero attached hydrogens (tertiary/aromatic N) is 1. The monoisotopic (exact) mass is 326 g/mol. The lowest BCUT2D eigenvalue weighted by Crippen LogP contribution is -2.67. The number of rotatable bonds is 2. The van der Waals surface area contributed by atoms with Crippen LogP contribution in [0.1, 0.15) is 44.6 Å². The maximum Gasteiger partial charge on any atom is 0.308 e. The Morgan fingerprint density at radius 2 is 2.17 bits per heavy atom. The Morgan fingerprint density at radius 1 is 1.33 bits per heavy atom. The molecule has 2 unspecified atom stereocenters. The zero-order valence-electron chi connectivity index (χ0n) is 14.3. The second-order valence-electron chi connectivity index (χ2n) is 8.36. The van der Waals surface area contributed by atoms with Crippen LogP contribution in [-0.4, -0.2) is 41.1 Å². The van der Waals surface area contributed by atoms with E-state index >= 15 is 0 Å². The summed E-state index contributed by atoms with van der Waals surface area (Å²) in [6.07, 6.45) is 5.41. The molecule has 1 saturated carbocycles. The number of benzene rings is 1. The maximum atomic E-state index is 12.2. The minimum Gasteiger partial charge on any atom is -0.481 e. The molecular weight excluding hydrogens is 300 g/mol. The number of nitrogens with one attached hydrogen (secondary N) is 1. The van der Waals surface area contributed by atoms with Gasteiger partial charge >= 0.3 is 5.97 Å². The highest BCUT2D eigenvalue weighted by atomic mass is 16.4. The summed E-state index contributed by atoms with van der Waals surface area (Å²) in [6, 6.07) is 9.13. The Bertz CT molecular complexity index is 705. The van der Waals surface area contributed by atoms with Crippen LogP contribution in [0.4, 0.5) is 5.69 Å². The van der Waals surface area contributed by atoms with E-state index in [1.807, 2.05) is 0 Å². The van der Waals surface area contributed by atoms with E-state index in [2.05, 4.69) is 41.4 Å². The molecule has 4 heteroatoms. The van der Waals surface area contributed by atoms with Gasteiger partial charge in [0.25, 0.3) is 0 Å². The summed E-state index contributed by atoms with van der Waals surface area (Å²) in [6.45, 7) is 4.58. The van der Waals surface area contributed by atoms with Crippen molar-refractivity contribution in [2.24, 2.45) is 11.3 Å². The van der Waals surface area contributed by atoms with E-state index in [-0.39, 0.29) is 22.8 Å². The average molecular weight is 326 g/mol. The van der Waals surface area contributed by atoms with Gasteiger partial charge in [0.1, 0.15) is 0 Å². The van der Waals surface area contributed by atoms with Gasteiger partial charge in [0.05, 0.1) is 12.0 Å². The standard InChI is InChI=1S/C20H26N2O2/c1-2-19-8-5-10-22-11-9-20(18(19)22)14-6-3-4-7-15(14)21-16(20)13(12-19)17(23)24/h3-4,6-7,13,16,18,21H,2,5,8-12H2,1H3,(H,23,24)/t13-,16?,18?,19+,20+/m1/s1. The highest BCUT2D eigenvalue weighted by Crippen LogP contribution is 2.65. The van der Waals surface area contributed by atoms with Crippen molar-refractivity contribution in [1.29, 1.82) is 0 Å². The number of carboxylic acids is 1. The van der Waals surface area contributed by atoms with Gasteiger partial charge in [0.2, 0.25) is 0 Å². The Kier molecular flexibility index (Phi) is 2.92. The minimum absolute atomic E-state index is 0.0195. The first-order chi connectivity index (χ1) is 11.6. The van der Waals surface area contributed by atoms with Gasteiger partial charge in [-0.05, 0) is 62.2 Å². The van der Waals surface area contributed by atoms with Crippen molar-refractivity contribution in [2.45, 2.75) is 56.5 Å². The van der Waals surface area contributed by atoms with Crippen LogP contribution in [0.25, 0.3) is 0 Å². The number of aliphatic carboxylic acids is 1. The van der Waals surface area contributed by atoms with Gasteiger partial charge in [-0.2, -0.15) is 0 Å². The largest absolute Gasteiger partial charge is 0.481 e. The molecule has 3 fully saturated rings. The Morgan fingerprint density at radius 3 is 2.96 bits per heavy atom. The third kappa shape index (κ3) is 1.56. The summed E-state index contributed by atoms with van der Waals surface area (Å²) in [5.41, 5.74) is 2.70. The molecule has 4 aliphatic rings. The average Bonchev–Trinajstić information content (AvgIpc) is 3.15. The molecule has 1 aromatic carbocycles. The van der Waals surface area contributed by atoms with Gasteiger partial charge in [-0.15, -0.1) is 0 Å². The quantitative estimate of drug-likeness (QED) is 0.877. The molecule has 3 aliphatic heterocycles. The molecule has 0 aromatic heterocycles. The molecule has 5 rings (SSSR count). The van der Waals surface area contributed by atoms with Crippen molar-refractivity contribution in [2.75, 3.05) is 18.4 Å². The topological polar surface area (TPSA) is 52.6 Å². The molecule has 1 aliphatic carbocycles. The molecule has 0 amide bonds. The first-order valence-corrected chi connectivity index (χ1v) is 9.45. The number of hydrogen-bond acceptors (Lipinski definition) is 3. The van der Waals surface area contributed by atoms with Crippen molar-refractivity contribution in [3.63, 3.8) is 0 Å². The highest BCUT2D eigenvalue weighted by Gasteiger charge is 2.69. The third-order valence-corrected chi connectivity index (χ3v) is 7.71. The van der Waals surface area contributed by atoms with Crippen LogP contribution >= 0.6 is 0 Å². The Hall–Kier alpha value is -1.55. The minimum atomic E-state index is -0.616. The van der Waals surface area contributed by atoms with E-state index in [4.69, 9.17) is 0 Å². The van der Waals surface area contributed by atoms with Gasteiger partial charge in [-0.3, -0.25) is 9.69 Å². The first-order valence-electron chi connectivity index (χ1n) is 9.45. The predicted octanol–water partition coefficient (Wildman–Crippen LogP) is 3.09. The van der Waals surface area contributed by atoms with E-state index in [1.165, 1.54) is 30.6 Å². The molecule has 4 nitrogen and oxygen atoms in total. The molecule has 5 atom stereocenters. The van der Waals surface area contributed by atoms with Gasteiger partial charge in [0.15, 0.2) is 0 Å². The van der Waals surface area contributed by atoms with Crippen LogP contribution in [-0.2, 0) is 10.2 Å². The normalized spacial score (nSPS) is 42.8. The fourth-order valence-electron chi connectivity index (χ4n) is 6.93. The smallest absolute Gasteiger partial charge is 0.308 e. The summed E-state index contributed by atoms with van der Waals surface area (Å²) in [5, 5.41) is 13.7. The number of para-hydroxylation sites is 1. The molecule has 128 valence electrons. The molecular formula is C20H26N2O2. The van der Waals surface area contributed by atoms with Crippen LogP contribution in [0.3, 0.4) is 0 Å². The van der Waals surface area contributed by atoms with Gasteiger partial charge < -0.3 is 10.4 Å². The van der Waals surface area contributed by atoms with Crippen molar-refractivity contribution in [3.8, 4) is 0 Å². The summed E-state index contributed by atoms with van der Waals surface area (Å²) in [5.74, 6) is -0.901. The van der Waals surface area contributed by atoms with Crippen molar-refractivity contribution < 1.29 is 9.90 Å². The summed E-state index contributed by atoms with van der Waals surface area (Å²) in [7, 11) is 0. The maximum absolute atomic E-state index is 12.2. The van der Waals surface area contributed by atoms with Gasteiger partial charge in [0, 0.05) is 17.1 Å². The number of anilines is 1. The van der Waals surface area contributed by atoms with Crippen LogP contribution in [0, 0.1) is 11.3 Å². The number of piperidine rings is 1. The highest BCUT2D eigenvalue weighted by molar-refractivity contribution is 5.76. The number of fused-ring (bicyclic) bond motifs is 1. The SMILES string of the molecule is CC[C@]12CCCN3CC[C@@]4(c5ccccc5NC4[C@H](C(=O)O)C1)C32. The van der Waals surface area contributed by atoms with Gasteiger partial charge in [-0.25, -0.2) is 0 Å². The Balaban J connectivity index is 1.75. The summed E-state index contributed by atoms with van der Waals surface area (Å²) >= 11 is 0. The van der Waals surface area contributed by atoms with E-state index in [0.29, 0.717) is 6.04 Å².